The van der Waals surface area contributed by atoms with E-state index in [0.29, 0.717) is 19.1 Å². The van der Waals surface area contributed by atoms with Crippen LogP contribution in [0.5, 0.6) is 5.75 Å². The minimum Gasteiger partial charge on any atom is -0.485 e. The molecule has 1 aliphatic heterocycles. The Morgan fingerprint density at radius 1 is 1.17 bits per heavy atom. The Morgan fingerprint density at radius 2 is 2.00 bits per heavy atom. The van der Waals surface area contributed by atoms with Crippen LogP contribution in [-0.4, -0.2) is 30.2 Å². The van der Waals surface area contributed by atoms with E-state index >= 15 is 0 Å². The normalized spacial score (nSPS) is 17.2. The Bertz CT molecular complexity index is 655. The van der Waals surface area contributed by atoms with Gasteiger partial charge in [-0.3, -0.25) is 0 Å². The maximum atomic E-state index is 6.01. The number of rotatable bonds is 7. The first-order chi connectivity index (χ1) is 11.8. The van der Waals surface area contributed by atoms with Crippen LogP contribution in [0.4, 0.5) is 0 Å². The van der Waals surface area contributed by atoms with Gasteiger partial charge in [0.15, 0.2) is 5.75 Å². The number of hydrogen-bond acceptors (Lipinski definition) is 5. The fourth-order valence-corrected chi connectivity index (χ4v) is 3.07. The highest BCUT2D eigenvalue weighted by atomic mass is 16.5. The molecule has 0 aliphatic carbocycles. The van der Waals surface area contributed by atoms with Gasteiger partial charge in [0, 0.05) is 13.5 Å². The maximum absolute atomic E-state index is 6.01. The van der Waals surface area contributed by atoms with E-state index in [9.17, 15) is 0 Å². The molecule has 1 aliphatic rings. The largest absolute Gasteiger partial charge is 0.485 e. The van der Waals surface area contributed by atoms with Crippen LogP contribution in [0.2, 0.25) is 0 Å². The van der Waals surface area contributed by atoms with Gasteiger partial charge in [0.25, 0.3) is 0 Å². The van der Waals surface area contributed by atoms with Crippen LogP contribution in [0, 0.1) is 12.8 Å². The van der Waals surface area contributed by atoms with Gasteiger partial charge < -0.3 is 14.8 Å². The molecule has 1 unspecified atom stereocenters. The second-order valence-corrected chi connectivity index (χ2v) is 6.27. The highest BCUT2D eigenvalue weighted by Crippen LogP contribution is 2.24. The molecule has 5 nitrogen and oxygen atoms in total. The molecule has 3 rings (SSSR count). The van der Waals surface area contributed by atoms with E-state index in [1.165, 1.54) is 6.42 Å². The van der Waals surface area contributed by atoms with Gasteiger partial charge in [0.2, 0.25) is 0 Å². The van der Waals surface area contributed by atoms with Crippen LogP contribution in [0.3, 0.4) is 0 Å². The topological polar surface area (TPSA) is 56.3 Å². The molecule has 1 saturated heterocycles. The highest BCUT2D eigenvalue weighted by Gasteiger charge is 2.19. The standard InChI is InChI=1S/C19H25N3O2/c1-14-19(24-12-15-6-4-3-5-7-15)17(13-23-2)22-18(21-14)10-16-8-9-20-11-16/h3-7,16,20H,8-13H2,1-2H3. The third-order valence-electron chi connectivity index (χ3n) is 4.29. The average Bonchev–Trinajstić information content (AvgIpc) is 3.08. The zero-order valence-electron chi connectivity index (χ0n) is 14.4. The van der Waals surface area contributed by atoms with Crippen LogP contribution in [-0.2, 0) is 24.4 Å². The summed E-state index contributed by atoms with van der Waals surface area (Å²) in [6, 6.07) is 10.1. The van der Waals surface area contributed by atoms with Crippen molar-refractivity contribution in [2.24, 2.45) is 5.92 Å². The van der Waals surface area contributed by atoms with E-state index in [2.05, 4.69) is 10.3 Å². The summed E-state index contributed by atoms with van der Waals surface area (Å²) in [6.45, 7) is 5.07. The van der Waals surface area contributed by atoms with Gasteiger partial charge in [-0.05, 0) is 37.9 Å². The van der Waals surface area contributed by atoms with E-state index < -0.39 is 0 Å². The molecule has 1 N–H and O–H groups in total. The predicted octanol–water partition coefficient (Wildman–Crippen LogP) is 2.66. The lowest BCUT2D eigenvalue weighted by atomic mass is 10.0. The molecule has 1 aromatic carbocycles. The average molecular weight is 327 g/mol. The van der Waals surface area contributed by atoms with Gasteiger partial charge in [0.05, 0.1) is 12.3 Å². The van der Waals surface area contributed by atoms with Crippen LogP contribution < -0.4 is 10.1 Å². The lowest BCUT2D eigenvalue weighted by Crippen LogP contribution is -2.14. The van der Waals surface area contributed by atoms with E-state index in [-0.39, 0.29) is 0 Å². The Hall–Kier alpha value is -1.98. The Balaban J connectivity index is 1.76. The highest BCUT2D eigenvalue weighted by molar-refractivity contribution is 5.33. The number of aromatic nitrogens is 2. The molecule has 0 spiro atoms. The fraction of sp³-hybridized carbons (Fsp3) is 0.474. The van der Waals surface area contributed by atoms with Crippen molar-refractivity contribution in [3.8, 4) is 5.75 Å². The smallest absolute Gasteiger partial charge is 0.164 e. The molecule has 1 atom stereocenters. The fourth-order valence-electron chi connectivity index (χ4n) is 3.07. The number of hydrogen-bond donors (Lipinski definition) is 1. The number of nitrogens with one attached hydrogen (secondary N) is 1. The molecule has 2 aromatic rings. The number of nitrogens with zero attached hydrogens (tertiary/aromatic N) is 2. The Kier molecular flexibility index (Phi) is 5.77. The van der Waals surface area contributed by atoms with Crippen molar-refractivity contribution in [3.63, 3.8) is 0 Å². The maximum Gasteiger partial charge on any atom is 0.164 e. The first-order valence-electron chi connectivity index (χ1n) is 8.49. The Labute approximate surface area is 143 Å². The number of aryl methyl sites for hydroxylation is 1. The van der Waals surface area contributed by atoms with Gasteiger partial charge in [-0.15, -0.1) is 0 Å². The van der Waals surface area contributed by atoms with E-state index in [1.54, 1.807) is 7.11 Å². The molecule has 0 saturated carbocycles. The summed E-state index contributed by atoms with van der Waals surface area (Å²) in [5.41, 5.74) is 2.84. The first-order valence-corrected chi connectivity index (χ1v) is 8.49. The van der Waals surface area contributed by atoms with E-state index in [1.807, 2.05) is 37.3 Å². The Morgan fingerprint density at radius 3 is 2.71 bits per heavy atom. The van der Waals surface area contributed by atoms with E-state index in [4.69, 9.17) is 14.5 Å². The third kappa shape index (κ3) is 4.30. The molecule has 0 bridgehead atoms. The second-order valence-electron chi connectivity index (χ2n) is 6.27. The zero-order chi connectivity index (χ0) is 16.8. The van der Waals surface area contributed by atoms with Crippen molar-refractivity contribution in [2.45, 2.75) is 33.0 Å². The number of methoxy groups -OCH3 is 1. The summed E-state index contributed by atoms with van der Waals surface area (Å²) in [6.07, 6.45) is 2.10. The van der Waals surface area contributed by atoms with Crippen molar-refractivity contribution >= 4 is 0 Å². The molecule has 0 radical (unpaired) electrons. The summed E-state index contributed by atoms with van der Waals surface area (Å²) in [5, 5.41) is 3.39. The molecule has 1 aromatic heterocycles. The van der Waals surface area contributed by atoms with Gasteiger partial charge in [0.1, 0.15) is 18.1 Å². The van der Waals surface area contributed by atoms with Gasteiger partial charge in [-0.2, -0.15) is 0 Å². The van der Waals surface area contributed by atoms with Crippen molar-refractivity contribution in [3.05, 3.63) is 53.1 Å². The van der Waals surface area contributed by atoms with Crippen molar-refractivity contribution in [1.82, 2.24) is 15.3 Å². The molecule has 5 heteroatoms. The van der Waals surface area contributed by atoms with Crippen LogP contribution >= 0.6 is 0 Å². The lowest BCUT2D eigenvalue weighted by Gasteiger charge is -2.15. The quantitative estimate of drug-likeness (QED) is 0.847. The minimum absolute atomic E-state index is 0.434. The van der Waals surface area contributed by atoms with E-state index in [0.717, 1.165) is 48.0 Å². The lowest BCUT2D eigenvalue weighted by molar-refractivity contribution is 0.174. The van der Waals surface area contributed by atoms with Gasteiger partial charge in [-0.1, -0.05) is 30.3 Å². The van der Waals surface area contributed by atoms with Crippen LogP contribution in [0.1, 0.15) is 29.2 Å². The number of benzene rings is 1. The first kappa shape index (κ1) is 16.9. The van der Waals surface area contributed by atoms with Gasteiger partial charge in [-0.25, -0.2) is 9.97 Å². The summed E-state index contributed by atoms with van der Waals surface area (Å²) >= 11 is 0. The summed E-state index contributed by atoms with van der Waals surface area (Å²) in [7, 11) is 1.68. The SMILES string of the molecule is COCc1nc(CC2CCNC2)nc(C)c1OCc1ccccc1. The zero-order valence-corrected chi connectivity index (χ0v) is 14.4. The molecular weight excluding hydrogens is 302 g/mol. The van der Waals surface area contributed by atoms with Gasteiger partial charge >= 0.3 is 0 Å². The number of ether oxygens (including phenoxy) is 2. The molecule has 24 heavy (non-hydrogen) atoms. The summed E-state index contributed by atoms with van der Waals surface area (Å²) < 4.78 is 11.3. The van der Waals surface area contributed by atoms with Crippen LogP contribution in [0.25, 0.3) is 0 Å². The monoisotopic (exact) mass is 327 g/mol. The molecule has 0 amide bonds. The van der Waals surface area contributed by atoms with Crippen molar-refractivity contribution in [1.29, 1.82) is 0 Å². The molecule has 128 valence electrons. The minimum atomic E-state index is 0.434. The summed E-state index contributed by atoms with van der Waals surface area (Å²) in [4.78, 5) is 9.38. The summed E-state index contributed by atoms with van der Waals surface area (Å²) in [5.74, 6) is 2.25. The van der Waals surface area contributed by atoms with Crippen LogP contribution in [0.15, 0.2) is 30.3 Å². The predicted molar refractivity (Wildman–Crippen MR) is 92.9 cm³/mol. The molecule has 1 fully saturated rings. The molecule has 2 heterocycles. The van der Waals surface area contributed by atoms with Crippen molar-refractivity contribution < 1.29 is 9.47 Å². The second kappa shape index (κ2) is 8.22. The molecular formula is C19H25N3O2. The van der Waals surface area contributed by atoms with Crippen molar-refractivity contribution in [2.75, 3.05) is 20.2 Å². The third-order valence-corrected chi connectivity index (χ3v) is 4.29.